The number of rotatable bonds is 7. The van der Waals surface area contributed by atoms with E-state index in [4.69, 9.17) is 4.42 Å². The average molecular weight is 690 g/mol. The van der Waals surface area contributed by atoms with Gasteiger partial charge in [-0.3, -0.25) is 0 Å². The van der Waals surface area contributed by atoms with Crippen LogP contribution in [0.2, 0.25) is 0 Å². The largest absolute Gasteiger partial charge is 0.456 e. The van der Waals surface area contributed by atoms with Crippen LogP contribution in [0.25, 0.3) is 77.2 Å². The van der Waals surface area contributed by atoms with Gasteiger partial charge in [-0.1, -0.05) is 152 Å². The zero-order valence-electron chi connectivity index (χ0n) is 29.6. The second kappa shape index (κ2) is 13.4. The maximum atomic E-state index is 6.26. The Bertz CT molecular complexity index is 2940. The Morgan fingerprint density at radius 2 is 0.852 bits per heavy atom. The van der Waals surface area contributed by atoms with Crippen LogP contribution in [0.3, 0.4) is 0 Å². The van der Waals surface area contributed by atoms with E-state index in [-0.39, 0.29) is 0 Å². The second-order valence-corrected chi connectivity index (χ2v) is 13.8. The van der Waals surface area contributed by atoms with Crippen LogP contribution in [-0.2, 0) is 0 Å². The van der Waals surface area contributed by atoms with E-state index in [1.807, 2.05) is 12.1 Å². The first-order chi connectivity index (χ1) is 26.7. The molecule has 0 saturated heterocycles. The molecule has 2 nitrogen and oxygen atoms in total. The van der Waals surface area contributed by atoms with E-state index in [0.29, 0.717) is 0 Å². The van der Waals surface area contributed by atoms with Gasteiger partial charge in [0, 0.05) is 27.7 Å². The van der Waals surface area contributed by atoms with Crippen LogP contribution < -0.4 is 4.90 Å². The Labute approximate surface area is 314 Å². The van der Waals surface area contributed by atoms with Crippen molar-refractivity contribution in [1.29, 1.82) is 0 Å². The van der Waals surface area contributed by atoms with Gasteiger partial charge in [0.25, 0.3) is 0 Å². The van der Waals surface area contributed by atoms with Crippen molar-refractivity contribution in [3.63, 3.8) is 0 Å². The van der Waals surface area contributed by atoms with Gasteiger partial charge in [0.05, 0.1) is 5.69 Å². The third-order valence-corrected chi connectivity index (χ3v) is 10.4. The van der Waals surface area contributed by atoms with Crippen LogP contribution in [0.4, 0.5) is 17.1 Å². The monoisotopic (exact) mass is 689 g/mol. The van der Waals surface area contributed by atoms with Crippen molar-refractivity contribution in [3.8, 4) is 44.5 Å². The summed E-state index contributed by atoms with van der Waals surface area (Å²) in [6, 6.07) is 76.0. The summed E-state index contributed by atoms with van der Waals surface area (Å²) in [6.07, 6.45) is 0. The molecule has 10 rings (SSSR count). The highest BCUT2D eigenvalue weighted by Gasteiger charge is 2.19. The molecule has 0 bridgehead atoms. The lowest BCUT2D eigenvalue weighted by Crippen LogP contribution is -2.11. The molecule has 0 aliphatic rings. The van der Waals surface area contributed by atoms with E-state index in [2.05, 4.69) is 205 Å². The van der Waals surface area contributed by atoms with Gasteiger partial charge in [-0.2, -0.15) is 0 Å². The summed E-state index contributed by atoms with van der Waals surface area (Å²) in [7, 11) is 0. The number of para-hydroxylation sites is 2. The fraction of sp³-hybridized carbons (Fsp3) is 0. The Kier molecular flexibility index (Phi) is 7.85. The van der Waals surface area contributed by atoms with Crippen LogP contribution in [-0.4, -0.2) is 0 Å². The number of hydrogen-bond donors (Lipinski definition) is 0. The normalized spacial score (nSPS) is 11.3. The number of benzene rings is 9. The molecule has 254 valence electrons. The molecule has 0 saturated carbocycles. The summed E-state index contributed by atoms with van der Waals surface area (Å²) >= 11 is 0. The molecule has 0 radical (unpaired) electrons. The topological polar surface area (TPSA) is 16.4 Å². The first-order valence-corrected chi connectivity index (χ1v) is 18.4. The van der Waals surface area contributed by atoms with Gasteiger partial charge in [0.15, 0.2) is 0 Å². The summed E-state index contributed by atoms with van der Waals surface area (Å²) in [5, 5.41) is 4.71. The van der Waals surface area contributed by atoms with Crippen molar-refractivity contribution >= 4 is 49.8 Å². The molecule has 1 aromatic heterocycles. The molecule has 0 fully saturated rings. The van der Waals surface area contributed by atoms with E-state index >= 15 is 0 Å². The maximum Gasteiger partial charge on any atom is 0.135 e. The van der Waals surface area contributed by atoms with Crippen LogP contribution in [0, 0.1) is 0 Å². The van der Waals surface area contributed by atoms with Crippen LogP contribution in [0.5, 0.6) is 0 Å². The minimum atomic E-state index is 0.880. The Morgan fingerprint density at radius 3 is 1.69 bits per heavy atom. The quantitative estimate of drug-likeness (QED) is 0.166. The zero-order chi connectivity index (χ0) is 35.8. The Morgan fingerprint density at radius 1 is 0.296 bits per heavy atom. The van der Waals surface area contributed by atoms with E-state index in [9.17, 15) is 0 Å². The Balaban J connectivity index is 1.09. The van der Waals surface area contributed by atoms with Gasteiger partial charge in [0.2, 0.25) is 0 Å². The molecule has 0 aliphatic carbocycles. The smallest absolute Gasteiger partial charge is 0.135 e. The molecule has 0 aliphatic heterocycles. The van der Waals surface area contributed by atoms with Gasteiger partial charge in [0.1, 0.15) is 11.2 Å². The predicted octanol–water partition coefficient (Wildman–Crippen LogP) is 14.9. The molecule has 0 spiro atoms. The average Bonchev–Trinajstić information content (AvgIpc) is 3.63. The molecule has 0 unspecified atom stereocenters. The van der Waals surface area contributed by atoms with Crippen molar-refractivity contribution in [3.05, 3.63) is 212 Å². The van der Waals surface area contributed by atoms with Crippen LogP contribution in [0.1, 0.15) is 0 Å². The van der Waals surface area contributed by atoms with Crippen LogP contribution >= 0.6 is 0 Å². The van der Waals surface area contributed by atoms with E-state index in [1.165, 1.54) is 44.2 Å². The zero-order valence-corrected chi connectivity index (χ0v) is 29.6. The first-order valence-electron chi connectivity index (χ1n) is 18.4. The lowest BCUT2D eigenvalue weighted by molar-refractivity contribution is 0.669. The molecule has 10 aromatic rings. The lowest BCUT2D eigenvalue weighted by Gasteiger charge is -2.28. The van der Waals surface area contributed by atoms with Crippen molar-refractivity contribution in [1.82, 2.24) is 0 Å². The molecule has 1 heterocycles. The summed E-state index contributed by atoms with van der Waals surface area (Å²) in [6.45, 7) is 0. The maximum absolute atomic E-state index is 6.26. The van der Waals surface area contributed by atoms with Crippen molar-refractivity contribution in [2.75, 3.05) is 4.90 Å². The number of hydrogen-bond acceptors (Lipinski definition) is 2. The van der Waals surface area contributed by atoms with E-state index in [0.717, 1.165) is 50.1 Å². The first kappa shape index (κ1) is 31.6. The fourth-order valence-electron chi connectivity index (χ4n) is 7.74. The highest BCUT2D eigenvalue weighted by Crippen LogP contribution is 2.44. The van der Waals surface area contributed by atoms with Crippen molar-refractivity contribution < 1.29 is 4.42 Å². The number of nitrogens with zero attached hydrogens (tertiary/aromatic N) is 1. The number of fused-ring (bicyclic) bond motifs is 4. The number of furan rings is 1. The van der Waals surface area contributed by atoms with Gasteiger partial charge < -0.3 is 9.32 Å². The van der Waals surface area contributed by atoms with E-state index < -0.39 is 0 Å². The highest BCUT2D eigenvalue weighted by atomic mass is 16.3. The molecule has 0 N–H and O–H groups in total. The number of anilines is 3. The predicted molar refractivity (Wildman–Crippen MR) is 228 cm³/mol. The standard InChI is InChI=1S/C52H35NO/c1-2-12-36(13-3-1)41-17-11-19-44(34-41)47-20-6-8-22-50(47)53(46-30-31-52-49(35-46)48-21-7-9-23-51(48)54-52)45-28-26-38(27-29-45)40-16-10-18-42(32-40)43-25-24-37-14-4-5-15-39(37)33-43/h1-35H. The summed E-state index contributed by atoms with van der Waals surface area (Å²) in [5.74, 6) is 0. The fourth-order valence-corrected chi connectivity index (χ4v) is 7.74. The van der Waals surface area contributed by atoms with Gasteiger partial charge >= 0.3 is 0 Å². The minimum absolute atomic E-state index is 0.880. The molecule has 54 heavy (non-hydrogen) atoms. The third kappa shape index (κ3) is 5.81. The second-order valence-electron chi connectivity index (χ2n) is 13.8. The SMILES string of the molecule is c1ccc(-c2cccc(-c3ccccc3N(c3ccc(-c4cccc(-c5ccc6ccccc6c5)c4)cc3)c3ccc4oc5ccccc5c4c3)c2)cc1. The van der Waals surface area contributed by atoms with Gasteiger partial charge in [-0.05, 0) is 110 Å². The van der Waals surface area contributed by atoms with Crippen LogP contribution in [0.15, 0.2) is 217 Å². The molecular formula is C52H35NO. The molecule has 0 amide bonds. The van der Waals surface area contributed by atoms with Gasteiger partial charge in [-0.25, -0.2) is 0 Å². The minimum Gasteiger partial charge on any atom is -0.456 e. The van der Waals surface area contributed by atoms with Crippen molar-refractivity contribution in [2.24, 2.45) is 0 Å². The third-order valence-electron chi connectivity index (χ3n) is 10.4. The lowest BCUT2D eigenvalue weighted by atomic mass is 9.96. The summed E-state index contributed by atoms with van der Waals surface area (Å²) < 4.78 is 6.26. The molecule has 0 atom stereocenters. The summed E-state index contributed by atoms with van der Waals surface area (Å²) in [4.78, 5) is 2.38. The summed E-state index contributed by atoms with van der Waals surface area (Å²) in [5.41, 5.74) is 14.5. The molecule has 9 aromatic carbocycles. The Hall–Kier alpha value is -7.16. The molecular weight excluding hydrogens is 655 g/mol. The van der Waals surface area contributed by atoms with Gasteiger partial charge in [-0.15, -0.1) is 0 Å². The van der Waals surface area contributed by atoms with Crippen molar-refractivity contribution in [2.45, 2.75) is 0 Å². The highest BCUT2D eigenvalue weighted by molar-refractivity contribution is 6.07. The van der Waals surface area contributed by atoms with E-state index in [1.54, 1.807) is 0 Å². The molecule has 2 heteroatoms.